The minimum atomic E-state index is 0.0399. The first-order valence-corrected chi connectivity index (χ1v) is 10.9. The van der Waals surface area contributed by atoms with Crippen LogP contribution in [0.2, 0.25) is 0 Å². The van der Waals surface area contributed by atoms with Crippen molar-refractivity contribution < 1.29 is 9.59 Å². The number of carbonyl (C=O) groups excluding carboxylic acids is 2. The highest BCUT2D eigenvalue weighted by Gasteiger charge is 2.32. The molecule has 1 atom stereocenters. The van der Waals surface area contributed by atoms with Crippen LogP contribution in [0.25, 0.3) is 0 Å². The van der Waals surface area contributed by atoms with E-state index in [0.29, 0.717) is 38.4 Å². The fourth-order valence-corrected chi connectivity index (χ4v) is 4.05. The van der Waals surface area contributed by atoms with E-state index in [4.69, 9.17) is 4.98 Å². The van der Waals surface area contributed by atoms with Gasteiger partial charge in [-0.25, -0.2) is 9.97 Å². The molecule has 0 spiro atoms. The van der Waals surface area contributed by atoms with Gasteiger partial charge < -0.3 is 15.1 Å². The Kier molecular flexibility index (Phi) is 6.46. The zero-order chi connectivity index (χ0) is 21.8. The minimum Gasteiger partial charge on any atom is -0.373 e. The van der Waals surface area contributed by atoms with Gasteiger partial charge in [-0.3, -0.25) is 14.5 Å². The van der Waals surface area contributed by atoms with Crippen LogP contribution < -0.4 is 5.32 Å². The second-order valence-corrected chi connectivity index (χ2v) is 8.41. The predicted octanol–water partition coefficient (Wildman–Crippen LogP) is 1.70. The number of hydrogen-bond acceptors (Lipinski definition) is 6. The molecule has 1 N–H and O–H groups in total. The summed E-state index contributed by atoms with van der Waals surface area (Å²) < 4.78 is 0. The van der Waals surface area contributed by atoms with Crippen LogP contribution in [0.4, 0.5) is 5.82 Å². The fraction of sp³-hybridized carbons (Fsp3) is 0.478. The number of likely N-dealkylation sites (tertiary alicyclic amines) is 2. The van der Waals surface area contributed by atoms with Crippen LogP contribution in [-0.4, -0.2) is 76.8 Å². The molecule has 0 bridgehead atoms. The molecule has 2 amide bonds. The average Bonchev–Trinajstić information content (AvgIpc) is 3.07. The Morgan fingerprint density at radius 1 is 1.23 bits per heavy atom. The predicted molar refractivity (Wildman–Crippen MR) is 118 cm³/mol. The van der Waals surface area contributed by atoms with Gasteiger partial charge in [-0.2, -0.15) is 0 Å². The molecule has 2 aliphatic rings. The van der Waals surface area contributed by atoms with Crippen LogP contribution >= 0.6 is 0 Å². The molecule has 2 saturated heterocycles. The van der Waals surface area contributed by atoms with Crippen LogP contribution in [0.5, 0.6) is 0 Å². The number of amides is 2. The maximum absolute atomic E-state index is 12.6. The Hall–Kier alpha value is -3.00. The summed E-state index contributed by atoms with van der Waals surface area (Å²) in [4.78, 5) is 39.9. The molecule has 0 saturated carbocycles. The molecule has 4 rings (SSSR count). The zero-order valence-corrected chi connectivity index (χ0v) is 18.3. The van der Waals surface area contributed by atoms with Crippen molar-refractivity contribution >= 4 is 17.6 Å². The Balaban J connectivity index is 1.43. The van der Waals surface area contributed by atoms with Crippen molar-refractivity contribution in [2.75, 3.05) is 45.6 Å². The third-order valence-corrected chi connectivity index (χ3v) is 5.92. The third-order valence-electron chi connectivity index (χ3n) is 5.92. The summed E-state index contributed by atoms with van der Waals surface area (Å²) in [6, 6.07) is 12.0. The van der Waals surface area contributed by atoms with Crippen LogP contribution in [0.3, 0.4) is 0 Å². The first kappa shape index (κ1) is 21.2. The highest BCUT2D eigenvalue weighted by molar-refractivity contribution is 5.80. The molecule has 2 fully saturated rings. The van der Waals surface area contributed by atoms with Crippen molar-refractivity contribution in [1.82, 2.24) is 24.7 Å². The second kappa shape index (κ2) is 9.43. The van der Waals surface area contributed by atoms with Gasteiger partial charge in [0.1, 0.15) is 11.6 Å². The van der Waals surface area contributed by atoms with E-state index in [0.717, 1.165) is 36.6 Å². The Labute approximate surface area is 183 Å². The number of nitrogens with zero attached hydrogens (tertiary/aromatic N) is 5. The minimum absolute atomic E-state index is 0.0399. The monoisotopic (exact) mass is 422 g/mol. The van der Waals surface area contributed by atoms with Gasteiger partial charge in [-0.1, -0.05) is 30.3 Å². The number of likely N-dealkylation sites (N-methyl/N-ethyl adjacent to an activating group) is 1. The molecule has 164 valence electrons. The number of anilines is 1. The molecule has 0 radical (unpaired) electrons. The van der Waals surface area contributed by atoms with Crippen molar-refractivity contribution in [1.29, 1.82) is 0 Å². The van der Waals surface area contributed by atoms with Crippen molar-refractivity contribution in [2.24, 2.45) is 0 Å². The summed E-state index contributed by atoms with van der Waals surface area (Å²) in [6.07, 6.45) is 1.54. The lowest BCUT2D eigenvalue weighted by atomic mass is 10.0. The van der Waals surface area contributed by atoms with E-state index >= 15 is 0 Å². The molecule has 1 unspecified atom stereocenters. The van der Waals surface area contributed by atoms with Crippen molar-refractivity contribution in [3.05, 3.63) is 53.5 Å². The fourth-order valence-electron chi connectivity index (χ4n) is 4.05. The van der Waals surface area contributed by atoms with Crippen LogP contribution in [-0.2, 0) is 22.7 Å². The average molecular weight is 423 g/mol. The smallest absolute Gasteiger partial charge is 0.236 e. The molecule has 31 heavy (non-hydrogen) atoms. The number of aromatic nitrogens is 2. The highest BCUT2D eigenvalue weighted by Crippen LogP contribution is 2.29. The highest BCUT2D eigenvalue weighted by atomic mass is 16.2. The van der Waals surface area contributed by atoms with Crippen molar-refractivity contribution in [3.8, 4) is 0 Å². The Morgan fingerprint density at radius 2 is 2.00 bits per heavy atom. The quantitative estimate of drug-likeness (QED) is 0.697. The van der Waals surface area contributed by atoms with Gasteiger partial charge in [0.05, 0.1) is 18.8 Å². The van der Waals surface area contributed by atoms with Crippen LogP contribution in [0, 0.1) is 0 Å². The van der Waals surface area contributed by atoms with E-state index in [9.17, 15) is 9.59 Å². The molecule has 2 aromatic rings. The van der Waals surface area contributed by atoms with Crippen LogP contribution in [0.1, 0.15) is 35.8 Å². The molecule has 8 nitrogen and oxygen atoms in total. The summed E-state index contributed by atoms with van der Waals surface area (Å²) in [5.41, 5.74) is 2.00. The van der Waals surface area contributed by atoms with E-state index in [2.05, 4.69) is 10.3 Å². The summed E-state index contributed by atoms with van der Waals surface area (Å²) in [6.45, 7) is 3.83. The molecule has 8 heteroatoms. The summed E-state index contributed by atoms with van der Waals surface area (Å²) in [5.74, 6) is 1.73. The number of hydrogen-bond donors (Lipinski definition) is 1. The lowest BCUT2D eigenvalue weighted by Gasteiger charge is -2.32. The summed E-state index contributed by atoms with van der Waals surface area (Å²) >= 11 is 0. The first-order chi connectivity index (χ1) is 15.0. The van der Waals surface area contributed by atoms with E-state index in [1.165, 1.54) is 0 Å². The molecule has 1 aromatic heterocycles. The maximum atomic E-state index is 12.6. The number of nitrogens with one attached hydrogen (secondary N) is 1. The van der Waals surface area contributed by atoms with Gasteiger partial charge in [0.15, 0.2) is 0 Å². The lowest BCUT2D eigenvalue weighted by molar-refractivity contribution is -0.135. The standard InChI is InChI=1S/C23H30N6O2/c1-24-20-12-19(18-11-22(30)29(14-18)13-17-7-4-3-5-8-17)25-21(26-20)15-27(2)16-23(31)28-9-6-10-28/h3-5,7-8,12,18H,6,9-11,13-16H2,1-2H3,(H,24,25,26). The first-order valence-electron chi connectivity index (χ1n) is 10.9. The summed E-state index contributed by atoms with van der Waals surface area (Å²) in [5, 5.41) is 3.10. The molecule has 1 aromatic carbocycles. The van der Waals surface area contributed by atoms with Gasteiger partial charge in [-0.05, 0) is 19.0 Å². The summed E-state index contributed by atoms with van der Waals surface area (Å²) in [7, 11) is 3.74. The second-order valence-electron chi connectivity index (χ2n) is 8.41. The largest absolute Gasteiger partial charge is 0.373 e. The van der Waals surface area contributed by atoms with Gasteiger partial charge in [0, 0.05) is 51.6 Å². The molecule has 3 heterocycles. The van der Waals surface area contributed by atoms with Gasteiger partial charge in [0.2, 0.25) is 11.8 Å². The van der Waals surface area contributed by atoms with Crippen LogP contribution in [0.15, 0.2) is 36.4 Å². The number of carbonyl (C=O) groups is 2. The SMILES string of the molecule is CNc1cc(C2CC(=O)N(Cc3ccccc3)C2)nc(CN(C)CC(=O)N2CCC2)n1. The number of rotatable bonds is 8. The molecular weight excluding hydrogens is 392 g/mol. The van der Waals surface area contributed by atoms with Crippen molar-refractivity contribution in [2.45, 2.75) is 31.8 Å². The normalized spacial score (nSPS) is 18.4. The number of benzene rings is 1. The van der Waals surface area contributed by atoms with Gasteiger partial charge >= 0.3 is 0 Å². The van der Waals surface area contributed by atoms with E-state index in [1.807, 2.05) is 65.2 Å². The Bertz CT molecular complexity index is 931. The van der Waals surface area contributed by atoms with E-state index in [-0.39, 0.29) is 17.7 Å². The lowest BCUT2D eigenvalue weighted by Crippen LogP contribution is -2.46. The topological polar surface area (TPSA) is 81.7 Å². The Morgan fingerprint density at radius 3 is 2.68 bits per heavy atom. The van der Waals surface area contributed by atoms with Crippen molar-refractivity contribution in [3.63, 3.8) is 0 Å². The zero-order valence-electron chi connectivity index (χ0n) is 18.3. The van der Waals surface area contributed by atoms with E-state index < -0.39 is 0 Å². The third kappa shape index (κ3) is 5.19. The molecule has 2 aliphatic heterocycles. The van der Waals surface area contributed by atoms with Gasteiger partial charge in [-0.15, -0.1) is 0 Å². The maximum Gasteiger partial charge on any atom is 0.236 e. The van der Waals surface area contributed by atoms with E-state index in [1.54, 1.807) is 0 Å². The molecule has 0 aliphatic carbocycles. The molecular formula is C23H30N6O2. The van der Waals surface area contributed by atoms with Gasteiger partial charge in [0.25, 0.3) is 0 Å².